The SMILES string of the molecule is Cc1cc(C(=O)N(CCO)C2CCC2)co1. The first-order chi connectivity index (χ1) is 7.72. The minimum Gasteiger partial charge on any atom is -0.469 e. The van der Waals surface area contributed by atoms with Crippen LogP contribution in [0.5, 0.6) is 0 Å². The predicted molar refractivity (Wildman–Crippen MR) is 59.2 cm³/mol. The molecule has 0 aromatic carbocycles. The molecule has 1 amide bonds. The molecule has 0 saturated heterocycles. The molecule has 1 fully saturated rings. The topological polar surface area (TPSA) is 53.7 Å². The Morgan fingerprint density at radius 2 is 2.38 bits per heavy atom. The van der Waals surface area contributed by atoms with Gasteiger partial charge >= 0.3 is 0 Å². The van der Waals surface area contributed by atoms with Gasteiger partial charge in [-0.3, -0.25) is 4.79 Å². The zero-order valence-electron chi connectivity index (χ0n) is 9.48. The van der Waals surface area contributed by atoms with Gasteiger partial charge in [-0.1, -0.05) is 0 Å². The van der Waals surface area contributed by atoms with E-state index in [1.165, 1.54) is 12.7 Å². The van der Waals surface area contributed by atoms with Crippen molar-refractivity contribution in [2.75, 3.05) is 13.2 Å². The monoisotopic (exact) mass is 223 g/mol. The molecule has 2 rings (SSSR count). The van der Waals surface area contributed by atoms with Gasteiger partial charge in [0.05, 0.1) is 12.2 Å². The smallest absolute Gasteiger partial charge is 0.257 e. The fourth-order valence-corrected chi connectivity index (χ4v) is 1.98. The van der Waals surface area contributed by atoms with Crippen molar-refractivity contribution in [3.63, 3.8) is 0 Å². The van der Waals surface area contributed by atoms with Crippen molar-refractivity contribution in [3.8, 4) is 0 Å². The highest BCUT2D eigenvalue weighted by atomic mass is 16.3. The molecule has 88 valence electrons. The summed E-state index contributed by atoms with van der Waals surface area (Å²) in [5, 5.41) is 8.99. The zero-order chi connectivity index (χ0) is 11.5. The summed E-state index contributed by atoms with van der Waals surface area (Å²) in [6.07, 6.45) is 4.75. The number of carbonyl (C=O) groups is 1. The molecule has 1 aromatic heterocycles. The Bertz CT molecular complexity index is 368. The highest BCUT2D eigenvalue weighted by Crippen LogP contribution is 2.26. The molecule has 0 radical (unpaired) electrons. The molecule has 0 spiro atoms. The van der Waals surface area contributed by atoms with Crippen LogP contribution in [0.1, 0.15) is 35.4 Å². The molecule has 1 saturated carbocycles. The van der Waals surface area contributed by atoms with E-state index in [-0.39, 0.29) is 12.5 Å². The van der Waals surface area contributed by atoms with Crippen LogP contribution in [0.25, 0.3) is 0 Å². The second-order valence-corrected chi connectivity index (χ2v) is 4.25. The lowest BCUT2D eigenvalue weighted by molar-refractivity contribution is 0.0525. The van der Waals surface area contributed by atoms with Crippen LogP contribution in [-0.4, -0.2) is 35.1 Å². The third-order valence-corrected chi connectivity index (χ3v) is 3.09. The van der Waals surface area contributed by atoms with Crippen molar-refractivity contribution in [1.82, 2.24) is 4.90 Å². The molecule has 0 aliphatic heterocycles. The average Bonchev–Trinajstić information content (AvgIpc) is 2.60. The van der Waals surface area contributed by atoms with Crippen LogP contribution in [-0.2, 0) is 0 Å². The summed E-state index contributed by atoms with van der Waals surface area (Å²) < 4.78 is 5.14. The largest absolute Gasteiger partial charge is 0.469 e. The number of amides is 1. The Morgan fingerprint density at radius 1 is 1.62 bits per heavy atom. The van der Waals surface area contributed by atoms with Gasteiger partial charge in [-0.15, -0.1) is 0 Å². The van der Waals surface area contributed by atoms with Crippen molar-refractivity contribution >= 4 is 5.91 Å². The predicted octanol–water partition coefficient (Wildman–Crippen LogP) is 1.58. The van der Waals surface area contributed by atoms with Gasteiger partial charge in [0.25, 0.3) is 5.91 Å². The summed E-state index contributed by atoms with van der Waals surface area (Å²) in [5.74, 6) is 0.705. The summed E-state index contributed by atoms with van der Waals surface area (Å²) in [7, 11) is 0. The molecule has 1 N–H and O–H groups in total. The van der Waals surface area contributed by atoms with Crippen molar-refractivity contribution in [2.45, 2.75) is 32.2 Å². The molecular weight excluding hydrogens is 206 g/mol. The first kappa shape index (κ1) is 11.2. The third-order valence-electron chi connectivity index (χ3n) is 3.09. The molecule has 0 atom stereocenters. The van der Waals surface area contributed by atoms with Crippen molar-refractivity contribution in [2.24, 2.45) is 0 Å². The normalized spacial score (nSPS) is 15.9. The first-order valence-corrected chi connectivity index (χ1v) is 5.69. The second kappa shape index (κ2) is 4.70. The number of hydrogen-bond acceptors (Lipinski definition) is 3. The number of furan rings is 1. The molecule has 0 unspecified atom stereocenters. The lowest BCUT2D eigenvalue weighted by Gasteiger charge is -2.37. The van der Waals surface area contributed by atoms with E-state index in [0.29, 0.717) is 18.2 Å². The molecule has 1 aliphatic carbocycles. The van der Waals surface area contributed by atoms with Crippen LogP contribution in [0.4, 0.5) is 0 Å². The lowest BCUT2D eigenvalue weighted by Crippen LogP contribution is -2.45. The van der Waals surface area contributed by atoms with Crippen LogP contribution < -0.4 is 0 Å². The number of hydrogen-bond donors (Lipinski definition) is 1. The lowest BCUT2D eigenvalue weighted by atomic mass is 9.91. The van der Waals surface area contributed by atoms with Gasteiger partial charge in [0.15, 0.2) is 0 Å². The van der Waals surface area contributed by atoms with Crippen LogP contribution in [0.3, 0.4) is 0 Å². The Balaban J connectivity index is 2.09. The third kappa shape index (κ3) is 2.11. The highest BCUT2D eigenvalue weighted by molar-refractivity contribution is 5.94. The molecule has 1 aromatic rings. The number of aryl methyl sites for hydroxylation is 1. The van der Waals surface area contributed by atoms with Gasteiger partial charge in [-0.25, -0.2) is 0 Å². The van der Waals surface area contributed by atoms with E-state index >= 15 is 0 Å². The minimum atomic E-state index is -0.0319. The van der Waals surface area contributed by atoms with Crippen molar-refractivity contribution < 1.29 is 14.3 Å². The number of carbonyl (C=O) groups excluding carboxylic acids is 1. The van der Waals surface area contributed by atoms with Crippen LogP contribution in [0.15, 0.2) is 16.7 Å². The number of aliphatic hydroxyl groups is 1. The Kier molecular flexibility index (Phi) is 3.29. The van der Waals surface area contributed by atoms with E-state index < -0.39 is 0 Å². The number of rotatable bonds is 4. The van der Waals surface area contributed by atoms with E-state index in [9.17, 15) is 4.79 Å². The molecule has 1 aliphatic rings. The van der Waals surface area contributed by atoms with Crippen LogP contribution >= 0.6 is 0 Å². The fraction of sp³-hybridized carbons (Fsp3) is 0.583. The maximum Gasteiger partial charge on any atom is 0.257 e. The van der Waals surface area contributed by atoms with E-state index in [2.05, 4.69) is 0 Å². The van der Waals surface area contributed by atoms with Gasteiger partial charge in [0.1, 0.15) is 12.0 Å². The van der Waals surface area contributed by atoms with E-state index in [0.717, 1.165) is 18.6 Å². The standard InChI is InChI=1S/C12H17NO3/c1-9-7-10(8-16-9)12(15)13(5-6-14)11-3-2-4-11/h7-8,11,14H,2-6H2,1H3. The second-order valence-electron chi connectivity index (χ2n) is 4.25. The first-order valence-electron chi connectivity index (χ1n) is 5.69. The zero-order valence-corrected chi connectivity index (χ0v) is 9.48. The van der Waals surface area contributed by atoms with Gasteiger partial charge in [0, 0.05) is 12.6 Å². The summed E-state index contributed by atoms with van der Waals surface area (Å²) >= 11 is 0. The van der Waals surface area contributed by atoms with Gasteiger partial charge in [-0.05, 0) is 32.3 Å². The Labute approximate surface area is 94.9 Å². The van der Waals surface area contributed by atoms with Crippen molar-refractivity contribution in [3.05, 3.63) is 23.7 Å². The van der Waals surface area contributed by atoms with Gasteiger partial charge in [0.2, 0.25) is 0 Å². The quantitative estimate of drug-likeness (QED) is 0.843. The summed E-state index contributed by atoms with van der Waals surface area (Å²) in [4.78, 5) is 13.9. The van der Waals surface area contributed by atoms with E-state index in [1.807, 2.05) is 6.92 Å². The molecule has 16 heavy (non-hydrogen) atoms. The molecule has 1 heterocycles. The van der Waals surface area contributed by atoms with Gasteiger partial charge < -0.3 is 14.4 Å². The van der Waals surface area contributed by atoms with Crippen LogP contribution in [0.2, 0.25) is 0 Å². The average molecular weight is 223 g/mol. The maximum absolute atomic E-state index is 12.1. The summed E-state index contributed by atoms with van der Waals surface area (Å²) in [6.45, 7) is 2.24. The van der Waals surface area contributed by atoms with E-state index in [4.69, 9.17) is 9.52 Å². The number of nitrogens with zero attached hydrogens (tertiary/aromatic N) is 1. The van der Waals surface area contributed by atoms with E-state index in [1.54, 1.807) is 11.0 Å². The molecular formula is C12H17NO3. The van der Waals surface area contributed by atoms with Crippen molar-refractivity contribution in [1.29, 1.82) is 0 Å². The molecule has 4 heteroatoms. The Hall–Kier alpha value is -1.29. The molecule has 0 bridgehead atoms. The Morgan fingerprint density at radius 3 is 2.81 bits per heavy atom. The van der Waals surface area contributed by atoms with Gasteiger partial charge in [-0.2, -0.15) is 0 Å². The minimum absolute atomic E-state index is 0.0130. The summed E-state index contributed by atoms with van der Waals surface area (Å²) in [6, 6.07) is 2.04. The highest BCUT2D eigenvalue weighted by Gasteiger charge is 2.29. The molecule has 4 nitrogen and oxygen atoms in total. The number of aliphatic hydroxyl groups excluding tert-OH is 1. The van der Waals surface area contributed by atoms with Crippen LogP contribution in [0, 0.1) is 6.92 Å². The fourth-order valence-electron chi connectivity index (χ4n) is 1.98. The summed E-state index contributed by atoms with van der Waals surface area (Å²) in [5.41, 5.74) is 0.581. The maximum atomic E-state index is 12.1.